The van der Waals surface area contributed by atoms with E-state index in [0.29, 0.717) is 0 Å². The molecule has 24 heavy (non-hydrogen) atoms. The number of aryl methyl sites for hydroxylation is 1. The van der Waals surface area contributed by atoms with Crippen LogP contribution in [0.15, 0.2) is 78.9 Å². The molecule has 0 radical (unpaired) electrons. The van der Waals surface area contributed by atoms with Gasteiger partial charge in [-0.2, -0.15) is 0 Å². The lowest BCUT2D eigenvalue weighted by molar-refractivity contribution is 0.793. The molecule has 1 aliphatic rings. The van der Waals surface area contributed by atoms with E-state index < -0.39 is 0 Å². The van der Waals surface area contributed by atoms with Crippen LogP contribution < -0.4 is 5.32 Å². The number of nitrogens with one attached hydrogen (secondary N) is 1. The first-order chi connectivity index (χ1) is 11.8. The molecule has 1 aliphatic heterocycles. The van der Waals surface area contributed by atoms with E-state index in [1.807, 2.05) is 0 Å². The van der Waals surface area contributed by atoms with Gasteiger partial charge in [0.15, 0.2) is 0 Å². The van der Waals surface area contributed by atoms with Crippen molar-refractivity contribution in [3.63, 3.8) is 0 Å². The SMILES string of the molecule is Cn1c2c(c3ccccc31)-c1ccccc1NC2c1ccccc1. The molecule has 1 unspecified atom stereocenters. The van der Waals surface area contributed by atoms with Gasteiger partial charge >= 0.3 is 0 Å². The number of benzene rings is 3. The van der Waals surface area contributed by atoms with Crippen LogP contribution in [0.2, 0.25) is 0 Å². The fraction of sp³-hybridized carbons (Fsp3) is 0.0909. The minimum Gasteiger partial charge on any atom is -0.372 e. The Morgan fingerprint density at radius 3 is 2.38 bits per heavy atom. The van der Waals surface area contributed by atoms with Gasteiger partial charge in [0.2, 0.25) is 0 Å². The van der Waals surface area contributed by atoms with Gasteiger partial charge in [-0.1, -0.05) is 66.7 Å². The van der Waals surface area contributed by atoms with Gasteiger partial charge in [-0.05, 0) is 17.7 Å². The van der Waals surface area contributed by atoms with Gasteiger partial charge in [-0.25, -0.2) is 0 Å². The Bertz CT molecular complexity index is 1040. The summed E-state index contributed by atoms with van der Waals surface area (Å²) in [4.78, 5) is 0. The van der Waals surface area contributed by atoms with Crippen molar-refractivity contribution in [1.82, 2.24) is 4.57 Å². The van der Waals surface area contributed by atoms with Crippen LogP contribution in [0.1, 0.15) is 17.3 Å². The maximum atomic E-state index is 3.75. The van der Waals surface area contributed by atoms with Crippen molar-refractivity contribution < 1.29 is 0 Å². The number of aromatic nitrogens is 1. The quantitative estimate of drug-likeness (QED) is 0.501. The van der Waals surface area contributed by atoms with E-state index in [0.717, 1.165) is 0 Å². The summed E-state index contributed by atoms with van der Waals surface area (Å²) >= 11 is 0. The number of hydrogen-bond donors (Lipinski definition) is 1. The Hall–Kier alpha value is -3.00. The lowest BCUT2D eigenvalue weighted by Crippen LogP contribution is -2.20. The normalized spacial score (nSPS) is 15.6. The molecule has 0 saturated carbocycles. The Morgan fingerprint density at radius 1 is 0.792 bits per heavy atom. The molecule has 5 rings (SSSR count). The fourth-order valence-electron chi connectivity index (χ4n) is 3.97. The molecule has 0 saturated heterocycles. The first kappa shape index (κ1) is 13.4. The molecule has 116 valence electrons. The zero-order valence-corrected chi connectivity index (χ0v) is 13.5. The van der Waals surface area contributed by atoms with E-state index >= 15 is 0 Å². The summed E-state index contributed by atoms with van der Waals surface area (Å²) in [5, 5.41) is 5.07. The zero-order chi connectivity index (χ0) is 16.1. The van der Waals surface area contributed by atoms with E-state index in [1.165, 1.54) is 39.0 Å². The first-order valence-electron chi connectivity index (χ1n) is 8.33. The first-order valence-corrected chi connectivity index (χ1v) is 8.33. The molecule has 2 heterocycles. The average molecular weight is 310 g/mol. The van der Waals surface area contributed by atoms with Crippen LogP contribution in [0.5, 0.6) is 0 Å². The van der Waals surface area contributed by atoms with Crippen LogP contribution in [0.4, 0.5) is 5.69 Å². The van der Waals surface area contributed by atoms with Gasteiger partial charge in [-0.15, -0.1) is 0 Å². The lowest BCUT2D eigenvalue weighted by Gasteiger charge is -2.29. The maximum Gasteiger partial charge on any atom is 0.0926 e. The third-order valence-corrected chi connectivity index (χ3v) is 5.05. The Kier molecular flexibility index (Phi) is 2.80. The van der Waals surface area contributed by atoms with E-state index in [2.05, 4.69) is 95.8 Å². The summed E-state index contributed by atoms with van der Waals surface area (Å²) in [7, 11) is 2.17. The van der Waals surface area contributed by atoms with E-state index in [9.17, 15) is 0 Å². The van der Waals surface area contributed by atoms with E-state index in [4.69, 9.17) is 0 Å². The average Bonchev–Trinajstić information content (AvgIpc) is 2.96. The molecule has 0 fully saturated rings. The third kappa shape index (κ3) is 1.77. The summed E-state index contributed by atoms with van der Waals surface area (Å²) in [5.74, 6) is 0. The molecular weight excluding hydrogens is 292 g/mol. The van der Waals surface area contributed by atoms with Crippen molar-refractivity contribution in [3.8, 4) is 11.1 Å². The number of fused-ring (bicyclic) bond motifs is 5. The highest BCUT2D eigenvalue weighted by Gasteiger charge is 2.30. The largest absolute Gasteiger partial charge is 0.372 e. The highest BCUT2D eigenvalue weighted by atomic mass is 15.0. The second-order valence-corrected chi connectivity index (χ2v) is 6.37. The molecule has 2 heteroatoms. The zero-order valence-electron chi connectivity index (χ0n) is 13.5. The number of rotatable bonds is 1. The summed E-state index contributed by atoms with van der Waals surface area (Å²) < 4.78 is 2.34. The molecule has 1 N–H and O–H groups in total. The number of para-hydroxylation sites is 2. The second-order valence-electron chi connectivity index (χ2n) is 6.37. The molecule has 4 aromatic rings. The van der Waals surface area contributed by atoms with E-state index in [1.54, 1.807) is 0 Å². The van der Waals surface area contributed by atoms with Crippen molar-refractivity contribution >= 4 is 16.6 Å². The van der Waals surface area contributed by atoms with Gasteiger partial charge < -0.3 is 9.88 Å². The summed E-state index contributed by atoms with van der Waals surface area (Å²) in [6.07, 6.45) is 0. The maximum absolute atomic E-state index is 3.75. The molecule has 1 atom stereocenters. The molecule has 2 nitrogen and oxygen atoms in total. The van der Waals surface area contributed by atoms with Gasteiger partial charge in [-0.3, -0.25) is 0 Å². The van der Waals surface area contributed by atoms with Gasteiger partial charge in [0.05, 0.1) is 11.7 Å². The molecule has 1 aromatic heterocycles. The summed E-state index contributed by atoms with van der Waals surface area (Å²) in [6.45, 7) is 0. The highest BCUT2D eigenvalue weighted by molar-refractivity contribution is 6.03. The Labute approximate surface area is 141 Å². The number of nitrogens with zero attached hydrogens (tertiary/aromatic N) is 1. The van der Waals surface area contributed by atoms with Crippen molar-refractivity contribution in [1.29, 1.82) is 0 Å². The summed E-state index contributed by atoms with van der Waals surface area (Å²) in [6, 6.07) is 28.2. The molecule has 0 aliphatic carbocycles. The van der Waals surface area contributed by atoms with Crippen LogP contribution in [0, 0.1) is 0 Å². The van der Waals surface area contributed by atoms with Crippen LogP contribution in [0.25, 0.3) is 22.0 Å². The predicted octanol–water partition coefficient (Wildman–Crippen LogP) is 5.36. The Morgan fingerprint density at radius 2 is 1.50 bits per heavy atom. The predicted molar refractivity (Wildman–Crippen MR) is 100 cm³/mol. The van der Waals surface area contributed by atoms with Crippen molar-refractivity contribution in [2.75, 3.05) is 5.32 Å². The van der Waals surface area contributed by atoms with Gasteiger partial charge in [0.1, 0.15) is 0 Å². The molecule has 0 amide bonds. The minimum atomic E-state index is 0.161. The molecule has 0 bridgehead atoms. The van der Waals surface area contributed by atoms with Crippen LogP contribution in [0.3, 0.4) is 0 Å². The number of anilines is 1. The number of hydrogen-bond acceptors (Lipinski definition) is 1. The van der Waals surface area contributed by atoms with E-state index in [-0.39, 0.29) is 6.04 Å². The molecule has 0 spiro atoms. The van der Waals surface area contributed by atoms with Crippen molar-refractivity contribution in [2.24, 2.45) is 7.05 Å². The smallest absolute Gasteiger partial charge is 0.0926 e. The van der Waals surface area contributed by atoms with Crippen molar-refractivity contribution in [3.05, 3.63) is 90.1 Å². The minimum absolute atomic E-state index is 0.161. The molecule has 3 aromatic carbocycles. The monoisotopic (exact) mass is 310 g/mol. The van der Waals surface area contributed by atoms with Crippen LogP contribution >= 0.6 is 0 Å². The lowest BCUT2D eigenvalue weighted by atomic mass is 9.90. The standard InChI is InChI=1S/C22H18N2/c1-24-19-14-8-6-12-17(19)20-16-11-5-7-13-18(16)23-21(22(20)24)15-9-3-2-4-10-15/h2-14,21,23H,1H3. The fourth-order valence-corrected chi connectivity index (χ4v) is 3.97. The Balaban J connectivity index is 1.89. The van der Waals surface area contributed by atoms with Crippen LogP contribution in [-0.2, 0) is 7.05 Å². The topological polar surface area (TPSA) is 17.0 Å². The second kappa shape index (κ2) is 5.00. The molecular formula is C22H18N2. The van der Waals surface area contributed by atoms with Gasteiger partial charge in [0, 0.05) is 34.8 Å². The summed E-state index contributed by atoms with van der Waals surface area (Å²) in [5.41, 5.74) is 7.75. The van der Waals surface area contributed by atoms with Crippen molar-refractivity contribution in [2.45, 2.75) is 6.04 Å². The van der Waals surface area contributed by atoms with Crippen LogP contribution in [-0.4, -0.2) is 4.57 Å². The van der Waals surface area contributed by atoms with Gasteiger partial charge in [0.25, 0.3) is 0 Å². The highest BCUT2D eigenvalue weighted by Crippen LogP contribution is 2.47. The third-order valence-electron chi connectivity index (χ3n) is 5.05.